The molecule has 0 saturated carbocycles. The Morgan fingerprint density at radius 3 is 2.89 bits per heavy atom. The van der Waals surface area contributed by atoms with Crippen LogP contribution in [0.15, 0.2) is 24.3 Å². The zero-order chi connectivity index (χ0) is 12.2. The topological polar surface area (TPSA) is 49.9 Å². The van der Waals surface area contributed by atoms with E-state index in [4.69, 9.17) is 4.74 Å². The maximum Gasteiger partial charge on any atom is 0.109 e. The molecule has 4 nitrogen and oxygen atoms in total. The molecule has 0 radical (unpaired) electrons. The number of H-pyrrole nitrogens is 1. The molecule has 3 rings (SSSR count). The predicted molar refractivity (Wildman–Crippen MR) is 71.6 cm³/mol. The van der Waals surface area contributed by atoms with Crippen molar-refractivity contribution in [3.8, 4) is 0 Å². The molecule has 0 bridgehead atoms. The third-order valence-corrected chi connectivity index (χ3v) is 3.42. The van der Waals surface area contributed by atoms with Crippen LogP contribution in [0, 0.1) is 0 Å². The lowest BCUT2D eigenvalue weighted by atomic mass is 10.1. The van der Waals surface area contributed by atoms with Crippen LogP contribution >= 0.6 is 0 Å². The van der Waals surface area contributed by atoms with Gasteiger partial charge < -0.3 is 15.0 Å². The second kappa shape index (κ2) is 5.50. The minimum Gasteiger partial charge on any atom is -0.378 e. The molecule has 1 aliphatic rings. The number of hydrogen-bond acceptors (Lipinski definition) is 3. The molecule has 2 aromatic rings. The summed E-state index contributed by atoms with van der Waals surface area (Å²) in [6.07, 6.45) is 3.54. The molecule has 18 heavy (non-hydrogen) atoms. The van der Waals surface area contributed by atoms with Gasteiger partial charge in [-0.05, 0) is 38.1 Å². The molecule has 0 amide bonds. The molecule has 1 aromatic carbocycles. The Bertz CT molecular complexity index is 469. The molecule has 96 valence electrons. The Morgan fingerprint density at radius 2 is 2.06 bits per heavy atom. The Labute approximate surface area is 107 Å². The van der Waals surface area contributed by atoms with Crippen LogP contribution in [0.25, 0.3) is 11.0 Å². The van der Waals surface area contributed by atoms with Crippen LogP contribution in [-0.4, -0.2) is 35.8 Å². The lowest BCUT2D eigenvalue weighted by molar-refractivity contribution is 0.0343. The van der Waals surface area contributed by atoms with E-state index in [1.54, 1.807) is 0 Å². The normalized spacial score (nSPS) is 17.3. The van der Waals surface area contributed by atoms with Gasteiger partial charge in [0.25, 0.3) is 0 Å². The molecule has 1 saturated heterocycles. The number of fused-ring (bicyclic) bond motifs is 1. The maximum absolute atomic E-state index is 5.88. The molecule has 1 fully saturated rings. The molecule has 2 heterocycles. The zero-order valence-corrected chi connectivity index (χ0v) is 10.5. The highest BCUT2D eigenvalue weighted by Crippen LogP contribution is 2.12. The van der Waals surface area contributed by atoms with Crippen LogP contribution in [0.3, 0.4) is 0 Å². The minimum absolute atomic E-state index is 0.427. The molecule has 0 spiro atoms. The summed E-state index contributed by atoms with van der Waals surface area (Å²) in [6, 6.07) is 8.12. The van der Waals surface area contributed by atoms with E-state index in [1.165, 1.54) is 0 Å². The van der Waals surface area contributed by atoms with Crippen LogP contribution < -0.4 is 5.32 Å². The highest BCUT2D eigenvalue weighted by Gasteiger charge is 2.13. The molecular formula is C14H19N3O. The summed E-state index contributed by atoms with van der Waals surface area (Å²) >= 11 is 0. The Balaban J connectivity index is 1.53. The fourth-order valence-electron chi connectivity index (χ4n) is 2.41. The first kappa shape index (κ1) is 11.7. The first-order chi connectivity index (χ1) is 8.92. The van der Waals surface area contributed by atoms with Crippen LogP contribution in [0.1, 0.15) is 18.7 Å². The smallest absolute Gasteiger partial charge is 0.109 e. The van der Waals surface area contributed by atoms with E-state index < -0.39 is 0 Å². The summed E-state index contributed by atoms with van der Waals surface area (Å²) in [5.41, 5.74) is 2.14. The zero-order valence-electron chi connectivity index (χ0n) is 10.5. The number of benzene rings is 1. The molecule has 1 aromatic heterocycles. The molecule has 0 aliphatic carbocycles. The van der Waals surface area contributed by atoms with E-state index in [0.29, 0.717) is 6.10 Å². The highest BCUT2D eigenvalue weighted by molar-refractivity contribution is 5.74. The lowest BCUT2D eigenvalue weighted by Gasteiger charge is -2.22. The van der Waals surface area contributed by atoms with Crippen LogP contribution in [0.4, 0.5) is 0 Å². The highest BCUT2D eigenvalue weighted by atomic mass is 16.5. The molecule has 1 aliphatic heterocycles. The van der Waals surface area contributed by atoms with Gasteiger partial charge in [-0.3, -0.25) is 0 Å². The summed E-state index contributed by atoms with van der Waals surface area (Å²) < 4.78 is 5.88. The van der Waals surface area contributed by atoms with Gasteiger partial charge in [-0.2, -0.15) is 0 Å². The number of para-hydroxylation sites is 2. The van der Waals surface area contributed by atoms with Crippen molar-refractivity contribution in [2.45, 2.75) is 25.4 Å². The van der Waals surface area contributed by atoms with Crippen molar-refractivity contribution in [1.82, 2.24) is 15.3 Å². The molecule has 0 unspecified atom stereocenters. The average Bonchev–Trinajstić information content (AvgIpc) is 2.82. The summed E-state index contributed by atoms with van der Waals surface area (Å²) in [7, 11) is 0. The number of hydrogen-bond donors (Lipinski definition) is 2. The van der Waals surface area contributed by atoms with E-state index in [0.717, 1.165) is 55.8 Å². The van der Waals surface area contributed by atoms with E-state index in [-0.39, 0.29) is 0 Å². The maximum atomic E-state index is 5.88. The molecular weight excluding hydrogens is 226 g/mol. The SMILES string of the molecule is c1ccc2[nH]c(CCOC3CCNCC3)nc2c1. The quantitative estimate of drug-likeness (QED) is 0.864. The van der Waals surface area contributed by atoms with Crippen LogP contribution in [0.2, 0.25) is 0 Å². The molecule has 4 heteroatoms. The van der Waals surface area contributed by atoms with E-state index in [1.807, 2.05) is 18.2 Å². The van der Waals surface area contributed by atoms with Crippen molar-refractivity contribution in [2.75, 3.05) is 19.7 Å². The molecule has 2 N–H and O–H groups in total. The van der Waals surface area contributed by atoms with E-state index >= 15 is 0 Å². The van der Waals surface area contributed by atoms with Gasteiger partial charge in [0.1, 0.15) is 5.82 Å². The Kier molecular flexibility index (Phi) is 3.57. The van der Waals surface area contributed by atoms with E-state index in [9.17, 15) is 0 Å². The third-order valence-electron chi connectivity index (χ3n) is 3.42. The number of rotatable bonds is 4. The summed E-state index contributed by atoms with van der Waals surface area (Å²) in [5, 5.41) is 3.34. The number of ether oxygens (including phenoxy) is 1. The predicted octanol–water partition coefficient (Wildman–Crippen LogP) is 1.87. The van der Waals surface area contributed by atoms with Crippen molar-refractivity contribution in [3.05, 3.63) is 30.1 Å². The number of imidazole rings is 1. The number of nitrogens with one attached hydrogen (secondary N) is 2. The number of aromatic amines is 1. The average molecular weight is 245 g/mol. The van der Waals surface area contributed by atoms with Gasteiger partial charge in [-0.25, -0.2) is 4.98 Å². The second-order valence-corrected chi connectivity index (χ2v) is 4.77. The van der Waals surface area contributed by atoms with Gasteiger partial charge in [0.2, 0.25) is 0 Å². The number of nitrogens with zero attached hydrogens (tertiary/aromatic N) is 1. The van der Waals surface area contributed by atoms with E-state index in [2.05, 4.69) is 21.4 Å². The van der Waals surface area contributed by atoms with Gasteiger partial charge in [0, 0.05) is 6.42 Å². The minimum atomic E-state index is 0.427. The van der Waals surface area contributed by atoms with Gasteiger partial charge in [0.15, 0.2) is 0 Å². The van der Waals surface area contributed by atoms with Gasteiger partial charge >= 0.3 is 0 Å². The van der Waals surface area contributed by atoms with Crippen molar-refractivity contribution in [3.63, 3.8) is 0 Å². The summed E-state index contributed by atoms with van der Waals surface area (Å²) in [5.74, 6) is 1.02. The van der Waals surface area contributed by atoms with Crippen molar-refractivity contribution in [2.24, 2.45) is 0 Å². The summed E-state index contributed by atoms with van der Waals surface area (Å²) in [6.45, 7) is 2.91. The lowest BCUT2D eigenvalue weighted by Crippen LogP contribution is -2.32. The van der Waals surface area contributed by atoms with Gasteiger partial charge in [-0.15, -0.1) is 0 Å². The second-order valence-electron chi connectivity index (χ2n) is 4.77. The van der Waals surface area contributed by atoms with Crippen molar-refractivity contribution in [1.29, 1.82) is 0 Å². The number of aromatic nitrogens is 2. The Morgan fingerprint density at radius 1 is 1.22 bits per heavy atom. The van der Waals surface area contributed by atoms with Crippen molar-refractivity contribution >= 4 is 11.0 Å². The van der Waals surface area contributed by atoms with Crippen LogP contribution in [-0.2, 0) is 11.2 Å². The largest absolute Gasteiger partial charge is 0.378 e. The first-order valence-electron chi connectivity index (χ1n) is 6.68. The molecule has 0 atom stereocenters. The monoisotopic (exact) mass is 245 g/mol. The van der Waals surface area contributed by atoms with Gasteiger partial charge in [-0.1, -0.05) is 12.1 Å². The third kappa shape index (κ3) is 2.71. The fourth-order valence-corrected chi connectivity index (χ4v) is 2.41. The fraction of sp³-hybridized carbons (Fsp3) is 0.500. The van der Waals surface area contributed by atoms with Crippen molar-refractivity contribution < 1.29 is 4.74 Å². The standard InChI is InChI=1S/C14H19N3O/c1-2-4-13-12(3-1)16-14(17-13)7-10-18-11-5-8-15-9-6-11/h1-4,11,15H,5-10H2,(H,16,17). The number of piperidine rings is 1. The summed E-state index contributed by atoms with van der Waals surface area (Å²) in [4.78, 5) is 7.88. The van der Waals surface area contributed by atoms with Gasteiger partial charge in [0.05, 0.1) is 23.7 Å². The first-order valence-corrected chi connectivity index (χ1v) is 6.68. The van der Waals surface area contributed by atoms with Crippen LogP contribution in [0.5, 0.6) is 0 Å². The Hall–Kier alpha value is -1.39.